The molecule has 0 fully saturated rings. The van der Waals surface area contributed by atoms with Gasteiger partial charge in [0.2, 0.25) is 0 Å². The Bertz CT molecular complexity index is 358. The van der Waals surface area contributed by atoms with Crippen LogP contribution in [0.1, 0.15) is 38.7 Å². The van der Waals surface area contributed by atoms with Crippen LogP contribution in [0.25, 0.3) is 5.57 Å². The van der Waals surface area contributed by atoms with Gasteiger partial charge < -0.3 is 4.74 Å². The minimum Gasteiger partial charge on any atom is -0.493 e. The zero-order chi connectivity index (χ0) is 12.0. The van der Waals surface area contributed by atoms with E-state index in [2.05, 4.69) is 13.5 Å². The highest BCUT2D eigenvalue weighted by Gasteiger charge is 2.09. The zero-order valence-corrected chi connectivity index (χ0v) is 10.1. The fraction of sp³-hybridized carbons (Fsp3) is 0.429. The lowest BCUT2D eigenvalue weighted by Crippen LogP contribution is -2.00. The SMILES string of the molecule is C=C(C)c1c(F)cccc1OCCCCC. The molecule has 2 heteroatoms. The fourth-order valence-corrected chi connectivity index (χ4v) is 1.57. The molecule has 1 rings (SSSR count). The highest BCUT2D eigenvalue weighted by atomic mass is 19.1. The van der Waals surface area contributed by atoms with Crippen molar-refractivity contribution in [2.24, 2.45) is 0 Å². The molecule has 0 spiro atoms. The Labute approximate surface area is 96.9 Å². The number of hydrogen-bond donors (Lipinski definition) is 0. The van der Waals surface area contributed by atoms with Gasteiger partial charge in [-0.1, -0.05) is 32.4 Å². The van der Waals surface area contributed by atoms with Gasteiger partial charge in [-0.05, 0) is 31.1 Å². The van der Waals surface area contributed by atoms with Crippen LogP contribution < -0.4 is 4.74 Å². The zero-order valence-electron chi connectivity index (χ0n) is 10.1. The van der Waals surface area contributed by atoms with Crippen LogP contribution in [0.15, 0.2) is 24.8 Å². The number of rotatable bonds is 6. The summed E-state index contributed by atoms with van der Waals surface area (Å²) >= 11 is 0. The number of benzene rings is 1. The van der Waals surface area contributed by atoms with Gasteiger partial charge in [-0.3, -0.25) is 0 Å². The highest BCUT2D eigenvalue weighted by Crippen LogP contribution is 2.27. The molecule has 1 nitrogen and oxygen atoms in total. The lowest BCUT2D eigenvalue weighted by atomic mass is 10.1. The van der Waals surface area contributed by atoms with Gasteiger partial charge in [-0.25, -0.2) is 4.39 Å². The molecule has 0 saturated heterocycles. The molecule has 1 aromatic carbocycles. The van der Waals surface area contributed by atoms with Gasteiger partial charge in [0.1, 0.15) is 11.6 Å². The molecule has 16 heavy (non-hydrogen) atoms. The molecule has 0 aliphatic carbocycles. The second-order valence-corrected chi connectivity index (χ2v) is 3.95. The quantitative estimate of drug-likeness (QED) is 0.647. The normalized spacial score (nSPS) is 10.2. The van der Waals surface area contributed by atoms with Crippen LogP contribution in [0.3, 0.4) is 0 Å². The van der Waals surface area contributed by atoms with Crippen molar-refractivity contribution in [1.82, 2.24) is 0 Å². The predicted molar refractivity (Wildman–Crippen MR) is 66.1 cm³/mol. The summed E-state index contributed by atoms with van der Waals surface area (Å²) in [5.41, 5.74) is 1.20. The second-order valence-electron chi connectivity index (χ2n) is 3.95. The monoisotopic (exact) mass is 222 g/mol. The van der Waals surface area contributed by atoms with Crippen LogP contribution in [0.2, 0.25) is 0 Å². The van der Waals surface area contributed by atoms with Crippen molar-refractivity contribution in [2.45, 2.75) is 33.1 Å². The van der Waals surface area contributed by atoms with Crippen molar-refractivity contribution in [2.75, 3.05) is 6.61 Å². The Balaban J connectivity index is 2.71. The van der Waals surface area contributed by atoms with Crippen LogP contribution in [0.4, 0.5) is 4.39 Å². The molecule has 0 radical (unpaired) electrons. The summed E-state index contributed by atoms with van der Waals surface area (Å²) in [7, 11) is 0. The molecule has 0 atom stereocenters. The van der Waals surface area contributed by atoms with E-state index in [0.717, 1.165) is 19.3 Å². The van der Waals surface area contributed by atoms with E-state index in [1.165, 1.54) is 6.07 Å². The lowest BCUT2D eigenvalue weighted by molar-refractivity contribution is 0.304. The summed E-state index contributed by atoms with van der Waals surface area (Å²) < 4.78 is 19.1. The average Bonchev–Trinajstić information content (AvgIpc) is 2.24. The molecule has 0 aromatic heterocycles. The molecule has 0 unspecified atom stereocenters. The van der Waals surface area contributed by atoms with Crippen LogP contribution in [0.5, 0.6) is 5.75 Å². The maximum Gasteiger partial charge on any atom is 0.134 e. The van der Waals surface area contributed by atoms with Crippen LogP contribution >= 0.6 is 0 Å². The summed E-state index contributed by atoms with van der Waals surface area (Å²) in [5.74, 6) is 0.337. The number of hydrogen-bond acceptors (Lipinski definition) is 1. The van der Waals surface area contributed by atoms with E-state index in [4.69, 9.17) is 4.74 Å². The van der Waals surface area contributed by atoms with Crippen molar-refractivity contribution in [3.05, 3.63) is 36.2 Å². The summed E-state index contributed by atoms with van der Waals surface area (Å²) in [4.78, 5) is 0. The number of ether oxygens (including phenoxy) is 1. The predicted octanol–water partition coefficient (Wildman–Crippen LogP) is 4.43. The molecule has 1 aromatic rings. The fourth-order valence-electron chi connectivity index (χ4n) is 1.57. The standard InChI is InChI=1S/C14H19FO/c1-4-5-6-10-16-13-9-7-8-12(15)14(13)11(2)3/h7-9H,2,4-6,10H2,1,3H3. The third-order valence-electron chi connectivity index (χ3n) is 2.41. The Morgan fingerprint density at radius 3 is 2.75 bits per heavy atom. The first-order valence-electron chi connectivity index (χ1n) is 5.74. The minimum atomic E-state index is -0.263. The molecule has 88 valence electrons. The van der Waals surface area contributed by atoms with Gasteiger partial charge in [0.15, 0.2) is 0 Å². The maximum absolute atomic E-state index is 13.5. The highest BCUT2D eigenvalue weighted by molar-refractivity contribution is 5.67. The van der Waals surface area contributed by atoms with Gasteiger partial charge in [0.05, 0.1) is 12.2 Å². The Hall–Kier alpha value is -1.31. The van der Waals surface area contributed by atoms with E-state index in [-0.39, 0.29) is 5.82 Å². The summed E-state index contributed by atoms with van der Waals surface area (Å²) in [6, 6.07) is 4.89. The van der Waals surface area contributed by atoms with Crippen molar-refractivity contribution in [3.63, 3.8) is 0 Å². The summed E-state index contributed by atoms with van der Waals surface area (Å²) in [6.45, 7) is 8.34. The van der Waals surface area contributed by atoms with Crippen LogP contribution in [-0.2, 0) is 0 Å². The molecule has 0 bridgehead atoms. The van der Waals surface area contributed by atoms with Gasteiger partial charge in [-0.15, -0.1) is 0 Å². The number of allylic oxidation sites excluding steroid dienone is 1. The van der Waals surface area contributed by atoms with E-state index >= 15 is 0 Å². The molecular weight excluding hydrogens is 203 g/mol. The van der Waals surface area contributed by atoms with Gasteiger partial charge >= 0.3 is 0 Å². The van der Waals surface area contributed by atoms with Crippen molar-refractivity contribution in [1.29, 1.82) is 0 Å². The first-order valence-corrected chi connectivity index (χ1v) is 5.74. The molecule has 0 aliphatic rings. The lowest BCUT2D eigenvalue weighted by Gasteiger charge is -2.11. The summed E-state index contributed by atoms with van der Waals surface area (Å²) in [6.07, 6.45) is 3.29. The minimum absolute atomic E-state index is 0.263. The van der Waals surface area contributed by atoms with E-state index in [1.807, 2.05) is 0 Å². The first-order chi connectivity index (χ1) is 7.66. The summed E-state index contributed by atoms with van der Waals surface area (Å²) in [5, 5.41) is 0. The van der Waals surface area contributed by atoms with E-state index in [9.17, 15) is 4.39 Å². The average molecular weight is 222 g/mol. The van der Waals surface area contributed by atoms with E-state index in [0.29, 0.717) is 23.5 Å². The molecule has 0 saturated carbocycles. The molecule has 0 amide bonds. The molecule has 0 heterocycles. The number of halogens is 1. The maximum atomic E-state index is 13.5. The first kappa shape index (κ1) is 12.8. The molecule has 0 aliphatic heterocycles. The smallest absolute Gasteiger partial charge is 0.134 e. The third kappa shape index (κ3) is 3.37. The topological polar surface area (TPSA) is 9.23 Å². The second kappa shape index (κ2) is 6.31. The van der Waals surface area contributed by atoms with Crippen molar-refractivity contribution < 1.29 is 9.13 Å². The van der Waals surface area contributed by atoms with Gasteiger partial charge in [0.25, 0.3) is 0 Å². The Morgan fingerprint density at radius 1 is 1.38 bits per heavy atom. The molecular formula is C14H19FO. The number of unbranched alkanes of at least 4 members (excludes halogenated alkanes) is 2. The van der Waals surface area contributed by atoms with E-state index < -0.39 is 0 Å². The third-order valence-corrected chi connectivity index (χ3v) is 2.41. The van der Waals surface area contributed by atoms with E-state index in [1.54, 1.807) is 19.1 Å². The van der Waals surface area contributed by atoms with Crippen LogP contribution in [0, 0.1) is 5.82 Å². The van der Waals surface area contributed by atoms with Crippen molar-refractivity contribution in [3.8, 4) is 5.75 Å². The van der Waals surface area contributed by atoms with Crippen LogP contribution in [-0.4, -0.2) is 6.61 Å². The van der Waals surface area contributed by atoms with Gasteiger partial charge in [0, 0.05) is 0 Å². The largest absolute Gasteiger partial charge is 0.493 e. The van der Waals surface area contributed by atoms with Crippen molar-refractivity contribution >= 4 is 5.57 Å². The Morgan fingerprint density at radius 2 is 2.12 bits per heavy atom. The molecule has 0 N–H and O–H groups in total. The van der Waals surface area contributed by atoms with Gasteiger partial charge in [-0.2, -0.15) is 0 Å². The Kier molecular flexibility index (Phi) is 5.03.